The Balaban J connectivity index is 1.07. The number of carbonyl (C=O) groups excluding carboxylic acids is 3. The lowest BCUT2D eigenvalue weighted by atomic mass is 10.0. The van der Waals surface area contributed by atoms with Crippen molar-refractivity contribution in [1.29, 1.82) is 0 Å². The quantitative estimate of drug-likeness (QED) is 0.549. The molecule has 0 spiro atoms. The van der Waals surface area contributed by atoms with Gasteiger partial charge in [-0.15, -0.1) is 0 Å². The smallest absolute Gasteiger partial charge is 0.317 e. The van der Waals surface area contributed by atoms with Gasteiger partial charge in [0.2, 0.25) is 0 Å². The predicted molar refractivity (Wildman–Crippen MR) is 150 cm³/mol. The second-order valence-electron chi connectivity index (χ2n) is 10.1. The number of amides is 4. The molecule has 0 bridgehead atoms. The lowest BCUT2D eigenvalue weighted by molar-refractivity contribution is 0.0653. The fraction of sp³-hybridized carbons (Fsp3) is 0.379. The summed E-state index contributed by atoms with van der Waals surface area (Å²) in [5.74, 6) is -0.0750. The van der Waals surface area contributed by atoms with Gasteiger partial charge in [-0.2, -0.15) is 0 Å². The van der Waals surface area contributed by atoms with Crippen LogP contribution in [0.1, 0.15) is 33.7 Å². The zero-order chi connectivity index (χ0) is 27.4. The Morgan fingerprint density at radius 2 is 1.59 bits per heavy atom. The molecular weight excluding hydrogens is 494 g/mol. The van der Waals surface area contributed by atoms with Crippen LogP contribution in [0.4, 0.5) is 16.2 Å². The van der Waals surface area contributed by atoms with Gasteiger partial charge in [0.25, 0.3) is 11.8 Å². The minimum atomic E-state index is -0.0823. The highest BCUT2D eigenvalue weighted by molar-refractivity contribution is 6.05. The number of piperazine rings is 1. The van der Waals surface area contributed by atoms with Gasteiger partial charge in [0.15, 0.2) is 0 Å². The van der Waals surface area contributed by atoms with Gasteiger partial charge in [-0.05, 0) is 61.4 Å². The highest BCUT2D eigenvalue weighted by atomic mass is 16.2. The molecule has 2 saturated heterocycles. The number of benzene rings is 1. The van der Waals surface area contributed by atoms with Gasteiger partial charge in [-0.25, -0.2) is 4.79 Å². The van der Waals surface area contributed by atoms with Crippen molar-refractivity contribution in [3.05, 3.63) is 78.4 Å². The third kappa shape index (κ3) is 5.89. The van der Waals surface area contributed by atoms with E-state index in [1.54, 1.807) is 29.2 Å². The van der Waals surface area contributed by atoms with Crippen molar-refractivity contribution < 1.29 is 14.4 Å². The topological polar surface area (TPSA) is 94.0 Å². The molecule has 0 radical (unpaired) electrons. The monoisotopic (exact) mass is 529 g/mol. The van der Waals surface area contributed by atoms with E-state index < -0.39 is 0 Å². The van der Waals surface area contributed by atoms with Crippen molar-refractivity contribution in [2.24, 2.45) is 7.05 Å². The van der Waals surface area contributed by atoms with Crippen molar-refractivity contribution in [3.63, 3.8) is 0 Å². The Hall–Kier alpha value is -4.34. The molecule has 2 fully saturated rings. The third-order valence-corrected chi connectivity index (χ3v) is 7.66. The summed E-state index contributed by atoms with van der Waals surface area (Å²) < 4.78 is 1.82. The maximum atomic E-state index is 12.9. The molecule has 1 aromatic carbocycles. The highest BCUT2D eigenvalue weighted by Crippen LogP contribution is 2.22. The Kier molecular flexibility index (Phi) is 7.81. The number of nitrogens with zero attached hydrogens (tertiary/aromatic N) is 6. The average molecular weight is 530 g/mol. The molecule has 3 aromatic rings. The standard InChI is InChI=1S/C29H35N7O3/c1-32-14-4-6-26(32)28(38)35-17-19-36(20-18-35)29(39)31-23-11-15-34(16-12-23)24-9-7-22(8-10-24)27(37)33(2)25-5-3-13-30-21-25/h3-10,13-14,21,23H,11-12,15-20H2,1-2H3,(H,31,39). The maximum absolute atomic E-state index is 12.9. The van der Waals surface area contributed by atoms with Gasteiger partial charge in [-0.1, -0.05) is 0 Å². The summed E-state index contributed by atoms with van der Waals surface area (Å²) in [6.07, 6.45) is 6.91. The van der Waals surface area contributed by atoms with Gasteiger partial charge < -0.3 is 29.5 Å². The number of rotatable bonds is 5. The summed E-state index contributed by atoms with van der Waals surface area (Å²) in [5, 5.41) is 3.19. The number of pyridine rings is 1. The van der Waals surface area contributed by atoms with Crippen LogP contribution >= 0.6 is 0 Å². The van der Waals surface area contributed by atoms with Crippen LogP contribution in [-0.4, -0.2) is 89.6 Å². The molecule has 0 saturated carbocycles. The summed E-state index contributed by atoms with van der Waals surface area (Å²) in [5.41, 5.74) is 3.10. The zero-order valence-corrected chi connectivity index (χ0v) is 22.5. The predicted octanol–water partition coefficient (Wildman–Crippen LogP) is 2.83. The summed E-state index contributed by atoms with van der Waals surface area (Å²) in [6.45, 7) is 3.78. The molecule has 39 heavy (non-hydrogen) atoms. The van der Waals surface area contributed by atoms with E-state index in [1.807, 2.05) is 71.2 Å². The fourth-order valence-electron chi connectivity index (χ4n) is 5.18. The first-order chi connectivity index (χ1) is 18.9. The van der Waals surface area contributed by atoms with Crippen molar-refractivity contribution in [1.82, 2.24) is 24.7 Å². The number of carbonyl (C=O) groups is 3. The average Bonchev–Trinajstić information content (AvgIpc) is 3.42. The molecule has 10 heteroatoms. The first-order valence-electron chi connectivity index (χ1n) is 13.4. The van der Waals surface area contributed by atoms with Crippen LogP contribution in [0.2, 0.25) is 0 Å². The number of urea groups is 1. The molecule has 5 rings (SSSR count). The number of aromatic nitrogens is 2. The van der Waals surface area contributed by atoms with Crippen LogP contribution in [0.25, 0.3) is 0 Å². The third-order valence-electron chi connectivity index (χ3n) is 7.66. The Bertz CT molecular complexity index is 1290. The van der Waals surface area contributed by atoms with E-state index in [2.05, 4.69) is 15.2 Å². The van der Waals surface area contributed by atoms with Crippen LogP contribution in [0.5, 0.6) is 0 Å². The molecule has 4 amide bonds. The van der Waals surface area contributed by atoms with E-state index >= 15 is 0 Å². The van der Waals surface area contributed by atoms with E-state index in [0.717, 1.165) is 37.3 Å². The van der Waals surface area contributed by atoms with E-state index in [0.29, 0.717) is 37.4 Å². The maximum Gasteiger partial charge on any atom is 0.317 e. The van der Waals surface area contributed by atoms with Gasteiger partial charge in [-0.3, -0.25) is 14.6 Å². The summed E-state index contributed by atoms with van der Waals surface area (Å²) in [4.78, 5) is 50.0. The second-order valence-corrected chi connectivity index (χ2v) is 10.1. The van der Waals surface area contributed by atoms with E-state index in [4.69, 9.17) is 0 Å². The molecule has 2 aromatic heterocycles. The number of anilines is 2. The summed E-state index contributed by atoms with van der Waals surface area (Å²) in [6, 6.07) is 15.1. The fourth-order valence-corrected chi connectivity index (χ4v) is 5.18. The molecule has 0 unspecified atom stereocenters. The number of hydrogen-bond acceptors (Lipinski definition) is 5. The molecule has 204 valence electrons. The molecule has 4 heterocycles. The van der Waals surface area contributed by atoms with Gasteiger partial charge in [0.1, 0.15) is 5.69 Å². The van der Waals surface area contributed by atoms with Crippen LogP contribution in [0.3, 0.4) is 0 Å². The molecule has 0 aliphatic carbocycles. The van der Waals surface area contributed by atoms with Crippen molar-refractivity contribution >= 4 is 29.2 Å². The first kappa shape index (κ1) is 26.3. The first-order valence-corrected chi connectivity index (χ1v) is 13.4. The van der Waals surface area contributed by atoms with Gasteiger partial charge >= 0.3 is 6.03 Å². The number of aryl methyl sites for hydroxylation is 1. The molecular formula is C29H35N7O3. The minimum absolute atomic E-state index is 0.00726. The minimum Gasteiger partial charge on any atom is -0.371 e. The van der Waals surface area contributed by atoms with Crippen LogP contribution in [0.15, 0.2) is 67.1 Å². The van der Waals surface area contributed by atoms with Crippen LogP contribution < -0.4 is 15.1 Å². The summed E-state index contributed by atoms with van der Waals surface area (Å²) in [7, 11) is 3.61. The SMILES string of the molecule is CN(C(=O)c1ccc(N2CCC(NC(=O)N3CCN(C(=O)c4cccn4C)CC3)CC2)cc1)c1cccnc1. The van der Waals surface area contributed by atoms with Crippen molar-refractivity contribution in [2.45, 2.75) is 18.9 Å². The van der Waals surface area contributed by atoms with E-state index in [1.165, 1.54) is 0 Å². The largest absolute Gasteiger partial charge is 0.371 e. The van der Waals surface area contributed by atoms with E-state index in [9.17, 15) is 14.4 Å². The Labute approximate surface area is 228 Å². The number of piperidine rings is 1. The highest BCUT2D eigenvalue weighted by Gasteiger charge is 2.28. The molecule has 1 N–H and O–H groups in total. The van der Waals surface area contributed by atoms with Crippen LogP contribution in [0, 0.1) is 0 Å². The van der Waals surface area contributed by atoms with Crippen molar-refractivity contribution in [2.75, 3.05) is 56.1 Å². The van der Waals surface area contributed by atoms with Gasteiger partial charge in [0.05, 0.1) is 11.9 Å². The normalized spacial score (nSPS) is 16.2. The molecule has 10 nitrogen and oxygen atoms in total. The lowest BCUT2D eigenvalue weighted by Crippen LogP contribution is -2.55. The van der Waals surface area contributed by atoms with Crippen LogP contribution in [-0.2, 0) is 7.05 Å². The second kappa shape index (κ2) is 11.6. The molecule has 0 atom stereocenters. The van der Waals surface area contributed by atoms with Crippen molar-refractivity contribution in [3.8, 4) is 0 Å². The number of hydrogen-bond donors (Lipinski definition) is 1. The lowest BCUT2D eigenvalue weighted by Gasteiger charge is -2.37. The molecule has 2 aliphatic rings. The Morgan fingerprint density at radius 3 is 2.21 bits per heavy atom. The summed E-state index contributed by atoms with van der Waals surface area (Å²) >= 11 is 0. The molecule has 2 aliphatic heterocycles. The zero-order valence-electron chi connectivity index (χ0n) is 22.5. The van der Waals surface area contributed by atoms with Gasteiger partial charge in [0, 0.05) is 83.1 Å². The van der Waals surface area contributed by atoms with E-state index in [-0.39, 0.29) is 23.9 Å². The number of nitrogens with one attached hydrogen (secondary N) is 1. The Morgan fingerprint density at radius 1 is 0.897 bits per heavy atom.